The molecule has 0 atom stereocenters. The Morgan fingerprint density at radius 3 is 2.75 bits per heavy atom. The number of benzene rings is 1. The molecule has 3 rings (SSSR count). The summed E-state index contributed by atoms with van der Waals surface area (Å²) in [5, 5.41) is 10.3. The van der Waals surface area contributed by atoms with E-state index < -0.39 is 0 Å². The van der Waals surface area contributed by atoms with E-state index in [2.05, 4.69) is 17.9 Å². The molecule has 0 unspecified atom stereocenters. The normalized spacial score (nSPS) is 18.4. The monoisotopic (exact) mass is 217 g/mol. The molecule has 0 fully saturated rings. The molecule has 86 valence electrons. The van der Waals surface area contributed by atoms with Crippen LogP contribution in [0.1, 0.15) is 36.5 Å². The smallest absolute Gasteiger partial charge is 0.124 e. The van der Waals surface area contributed by atoms with Crippen molar-refractivity contribution in [2.75, 3.05) is 18.0 Å². The fraction of sp³-hybridized carbons (Fsp3) is 0.571. The van der Waals surface area contributed by atoms with Crippen molar-refractivity contribution < 1.29 is 5.11 Å². The average Bonchev–Trinajstić information content (AvgIpc) is 2.33. The lowest BCUT2D eigenvalue weighted by atomic mass is 9.88. The fourth-order valence-corrected chi connectivity index (χ4v) is 3.18. The second kappa shape index (κ2) is 3.69. The van der Waals surface area contributed by atoms with E-state index in [0.29, 0.717) is 5.75 Å². The molecule has 0 bridgehead atoms. The van der Waals surface area contributed by atoms with Crippen LogP contribution in [0.25, 0.3) is 0 Å². The molecule has 2 aliphatic rings. The van der Waals surface area contributed by atoms with Gasteiger partial charge in [-0.2, -0.15) is 0 Å². The van der Waals surface area contributed by atoms with Crippen LogP contribution in [0.3, 0.4) is 0 Å². The van der Waals surface area contributed by atoms with Crippen molar-refractivity contribution in [3.8, 4) is 5.75 Å². The molecule has 0 saturated heterocycles. The van der Waals surface area contributed by atoms with E-state index in [0.717, 1.165) is 18.4 Å². The maximum atomic E-state index is 10.3. The lowest BCUT2D eigenvalue weighted by molar-refractivity contribution is 0.456. The van der Waals surface area contributed by atoms with Crippen molar-refractivity contribution >= 4 is 5.69 Å². The van der Waals surface area contributed by atoms with Gasteiger partial charge in [0.2, 0.25) is 0 Å². The molecule has 0 aliphatic carbocycles. The summed E-state index contributed by atoms with van der Waals surface area (Å²) in [4.78, 5) is 2.47. The highest BCUT2D eigenvalue weighted by Crippen LogP contribution is 2.41. The lowest BCUT2D eigenvalue weighted by Crippen LogP contribution is -2.34. The van der Waals surface area contributed by atoms with Crippen LogP contribution in [0.2, 0.25) is 0 Å². The minimum atomic E-state index is 0.577. The van der Waals surface area contributed by atoms with E-state index in [1.54, 1.807) is 0 Å². The molecule has 1 N–H and O–H groups in total. The van der Waals surface area contributed by atoms with Crippen molar-refractivity contribution in [1.29, 1.82) is 0 Å². The van der Waals surface area contributed by atoms with Gasteiger partial charge in [-0.15, -0.1) is 0 Å². The molecule has 1 aromatic carbocycles. The summed E-state index contributed by atoms with van der Waals surface area (Å²) in [7, 11) is 0. The Morgan fingerprint density at radius 1 is 1.25 bits per heavy atom. The van der Waals surface area contributed by atoms with Crippen LogP contribution in [0.5, 0.6) is 5.75 Å². The number of phenols is 1. The summed E-state index contributed by atoms with van der Waals surface area (Å²) in [5.74, 6) is 0.577. The molecule has 0 saturated carbocycles. The largest absolute Gasteiger partial charge is 0.507 e. The Bertz CT molecular complexity index is 423. The number of rotatable bonds is 1. The lowest BCUT2D eigenvalue weighted by Gasteiger charge is -2.37. The number of aromatic hydroxyl groups is 1. The van der Waals surface area contributed by atoms with Gasteiger partial charge < -0.3 is 10.0 Å². The fourth-order valence-electron chi connectivity index (χ4n) is 3.18. The minimum Gasteiger partial charge on any atom is -0.507 e. The molecule has 1 aromatic rings. The third kappa shape index (κ3) is 1.32. The van der Waals surface area contributed by atoms with Crippen molar-refractivity contribution in [3.05, 3.63) is 22.8 Å². The first kappa shape index (κ1) is 10.0. The van der Waals surface area contributed by atoms with Gasteiger partial charge in [0.05, 0.1) is 0 Å². The van der Waals surface area contributed by atoms with Gasteiger partial charge in [-0.05, 0) is 43.2 Å². The van der Waals surface area contributed by atoms with Gasteiger partial charge in [-0.1, -0.05) is 13.0 Å². The van der Waals surface area contributed by atoms with Crippen molar-refractivity contribution in [2.45, 2.75) is 39.0 Å². The first-order valence-electron chi connectivity index (χ1n) is 6.42. The summed E-state index contributed by atoms with van der Waals surface area (Å²) >= 11 is 0. The zero-order valence-corrected chi connectivity index (χ0v) is 9.92. The molecule has 0 aromatic heterocycles. The summed E-state index contributed by atoms with van der Waals surface area (Å²) < 4.78 is 0. The van der Waals surface area contributed by atoms with Crippen molar-refractivity contribution in [1.82, 2.24) is 0 Å². The highest BCUT2D eigenvalue weighted by Gasteiger charge is 2.26. The third-order valence-corrected chi connectivity index (χ3v) is 3.95. The predicted molar refractivity (Wildman–Crippen MR) is 66.3 cm³/mol. The highest BCUT2D eigenvalue weighted by atomic mass is 16.3. The van der Waals surface area contributed by atoms with Gasteiger partial charge in [0.15, 0.2) is 0 Å². The average molecular weight is 217 g/mol. The van der Waals surface area contributed by atoms with Gasteiger partial charge in [-0.25, -0.2) is 0 Å². The van der Waals surface area contributed by atoms with Crippen LogP contribution in [-0.2, 0) is 19.3 Å². The number of phenolic OH excluding ortho intramolecular Hbond substituents is 1. The van der Waals surface area contributed by atoms with Gasteiger partial charge >= 0.3 is 0 Å². The van der Waals surface area contributed by atoms with E-state index in [4.69, 9.17) is 0 Å². The van der Waals surface area contributed by atoms with Crippen LogP contribution >= 0.6 is 0 Å². The summed E-state index contributed by atoms with van der Waals surface area (Å²) in [6.07, 6.45) is 5.63. The number of hydrogen-bond acceptors (Lipinski definition) is 2. The molecule has 2 heteroatoms. The molecule has 0 radical (unpaired) electrons. The van der Waals surface area contributed by atoms with Crippen LogP contribution in [0.4, 0.5) is 5.69 Å². The first-order valence-corrected chi connectivity index (χ1v) is 6.42. The standard InChI is InChI=1S/C14H19NO/c1-2-10-9-11-5-3-7-15-8-4-6-12(13(11)15)14(10)16/h9,16H,2-8H2,1H3. The Labute approximate surface area is 96.9 Å². The Balaban J connectivity index is 2.22. The topological polar surface area (TPSA) is 23.5 Å². The van der Waals surface area contributed by atoms with E-state index in [-0.39, 0.29) is 0 Å². The van der Waals surface area contributed by atoms with Gasteiger partial charge in [0.1, 0.15) is 5.75 Å². The van der Waals surface area contributed by atoms with Crippen molar-refractivity contribution in [2.24, 2.45) is 0 Å². The Morgan fingerprint density at radius 2 is 2.00 bits per heavy atom. The Kier molecular flexibility index (Phi) is 2.31. The van der Waals surface area contributed by atoms with Crippen LogP contribution in [0.15, 0.2) is 6.07 Å². The SMILES string of the molecule is CCc1cc2c3c(c1O)CCCN3CCC2. The van der Waals surface area contributed by atoms with E-state index in [1.165, 1.54) is 49.2 Å². The van der Waals surface area contributed by atoms with E-state index in [1.807, 2.05) is 0 Å². The number of aryl methyl sites for hydroxylation is 2. The maximum Gasteiger partial charge on any atom is 0.124 e. The predicted octanol–water partition coefficient (Wildman–Crippen LogP) is 2.65. The van der Waals surface area contributed by atoms with Crippen LogP contribution < -0.4 is 4.90 Å². The second-order valence-electron chi connectivity index (χ2n) is 4.92. The first-order chi connectivity index (χ1) is 7.81. The van der Waals surface area contributed by atoms with E-state index >= 15 is 0 Å². The molecule has 0 spiro atoms. The number of nitrogens with zero attached hydrogens (tertiary/aromatic N) is 1. The minimum absolute atomic E-state index is 0.577. The quantitative estimate of drug-likeness (QED) is 0.781. The van der Waals surface area contributed by atoms with E-state index in [9.17, 15) is 5.11 Å². The Hall–Kier alpha value is -1.18. The maximum absolute atomic E-state index is 10.3. The number of hydrogen-bond donors (Lipinski definition) is 1. The van der Waals surface area contributed by atoms with Crippen LogP contribution in [-0.4, -0.2) is 18.2 Å². The molecular weight excluding hydrogens is 198 g/mol. The molecule has 2 aliphatic heterocycles. The summed E-state index contributed by atoms with van der Waals surface area (Å²) in [5.41, 5.74) is 5.20. The van der Waals surface area contributed by atoms with Crippen LogP contribution in [0, 0.1) is 0 Å². The summed E-state index contributed by atoms with van der Waals surface area (Å²) in [6, 6.07) is 2.23. The third-order valence-electron chi connectivity index (χ3n) is 3.95. The molecule has 2 nitrogen and oxygen atoms in total. The van der Waals surface area contributed by atoms with Gasteiger partial charge in [0, 0.05) is 24.3 Å². The second-order valence-corrected chi connectivity index (χ2v) is 4.92. The molecule has 16 heavy (non-hydrogen) atoms. The molecule has 2 heterocycles. The molecular formula is C14H19NO. The summed E-state index contributed by atoms with van der Waals surface area (Å²) in [6.45, 7) is 4.47. The zero-order valence-electron chi connectivity index (χ0n) is 9.92. The van der Waals surface area contributed by atoms with Gasteiger partial charge in [0.25, 0.3) is 0 Å². The molecule has 0 amide bonds. The van der Waals surface area contributed by atoms with Crippen molar-refractivity contribution in [3.63, 3.8) is 0 Å². The zero-order chi connectivity index (χ0) is 11.1. The highest BCUT2D eigenvalue weighted by molar-refractivity contribution is 5.68. The number of anilines is 1. The van der Waals surface area contributed by atoms with Gasteiger partial charge in [-0.3, -0.25) is 0 Å².